The maximum atomic E-state index is 9.06. The minimum absolute atomic E-state index is 0.320. The minimum atomic E-state index is -0.780. The van der Waals surface area contributed by atoms with Crippen molar-refractivity contribution in [2.45, 2.75) is 57.5 Å². The van der Waals surface area contributed by atoms with E-state index in [1.54, 1.807) is 0 Å². The Balaban J connectivity index is 3.42. The highest BCUT2D eigenvalue weighted by Gasteiger charge is 1.89. The van der Waals surface area contributed by atoms with E-state index in [-0.39, 0.29) is 0 Å². The van der Waals surface area contributed by atoms with E-state index in [0.717, 1.165) is 19.3 Å². The van der Waals surface area contributed by atoms with Crippen LogP contribution in [0.2, 0.25) is 0 Å². The average Bonchev–Trinajstić information content (AvgIpc) is 2.47. The van der Waals surface area contributed by atoms with Crippen LogP contribution in [0.25, 0.3) is 0 Å². The number of allylic oxidation sites excluding steroid dienone is 2. The van der Waals surface area contributed by atoms with Crippen molar-refractivity contribution in [2.24, 2.45) is 0 Å². The quantitative estimate of drug-likeness (QED) is 0.365. The summed E-state index contributed by atoms with van der Waals surface area (Å²) in [5.41, 5.74) is 0. The number of rotatable bonds is 10. The summed E-state index contributed by atoms with van der Waals surface area (Å²) >= 11 is 0. The molecule has 2 nitrogen and oxygen atoms in total. The van der Waals surface area contributed by atoms with Crippen LogP contribution in [0.3, 0.4) is 0 Å². The molecule has 1 atom stereocenters. The number of aliphatic hydroxyl groups excluding tert-OH is 2. The van der Waals surface area contributed by atoms with Gasteiger partial charge in [-0.15, -0.1) is 0 Å². The summed E-state index contributed by atoms with van der Waals surface area (Å²) in [5, 5.41) is 17.7. The second-order valence-corrected chi connectivity index (χ2v) is 4.56. The van der Waals surface area contributed by atoms with Crippen LogP contribution in [0.15, 0.2) is 24.8 Å². The molecule has 2 N–H and O–H groups in total. The van der Waals surface area contributed by atoms with Gasteiger partial charge in [-0.2, -0.15) is 0 Å². The van der Waals surface area contributed by atoms with Crippen LogP contribution in [0.1, 0.15) is 51.4 Å². The third-order valence-electron chi connectivity index (χ3n) is 2.76. The lowest BCUT2D eigenvalue weighted by molar-refractivity contribution is 0.281. The zero-order valence-electron chi connectivity index (χ0n) is 12.3. The van der Waals surface area contributed by atoms with E-state index in [9.17, 15) is 0 Å². The van der Waals surface area contributed by atoms with Crippen molar-refractivity contribution >= 4 is 0 Å². The molecule has 0 radical (unpaired) electrons. The van der Waals surface area contributed by atoms with Gasteiger partial charge in [0.25, 0.3) is 0 Å². The summed E-state index contributed by atoms with van der Waals surface area (Å²) in [6.45, 7) is 3.74. The lowest BCUT2D eigenvalue weighted by atomic mass is 10.1. The molecule has 0 aliphatic rings. The molecule has 0 aliphatic carbocycles. The maximum Gasteiger partial charge on any atom is 0.134 e. The van der Waals surface area contributed by atoms with Gasteiger partial charge in [0.1, 0.15) is 6.10 Å². The van der Waals surface area contributed by atoms with Crippen molar-refractivity contribution in [3.05, 3.63) is 24.8 Å². The standard InChI is InChI=1S/C18H26O2/c1-2-18(20)16-14-12-10-8-6-4-3-5-7-9-11-13-15-17-19/h2,4,6,18-20H,1,3,5,7-9,11,13,15,17H2/b6-4-/t18-/m0/s1. The van der Waals surface area contributed by atoms with E-state index in [2.05, 4.69) is 42.4 Å². The zero-order valence-corrected chi connectivity index (χ0v) is 12.3. The van der Waals surface area contributed by atoms with Crippen LogP contribution in [0, 0.1) is 23.7 Å². The highest BCUT2D eigenvalue weighted by atomic mass is 16.3. The normalized spacial score (nSPS) is 11.3. The number of hydrogen-bond donors (Lipinski definition) is 2. The van der Waals surface area contributed by atoms with Crippen molar-refractivity contribution in [1.82, 2.24) is 0 Å². The molecule has 2 heteroatoms. The minimum Gasteiger partial charge on any atom is -0.396 e. The Morgan fingerprint density at radius 2 is 1.65 bits per heavy atom. The van der Waals surface area contributed by atoms with E-state index in [4.69, 9.17) is 10.2 Å². The molecule has 20 heavy (non-hydrogen) atoms. The Morgan fingerprint density at radius 1 is 0.950 bits per heavy atom. The molecule has 0 saturated heterocycles. The van der Waals surface area contributed by atoms with Gasteiger partial charge in [0.2, 0.25) is 0 Å². The predicted octanol–water partition coefficient (Wildman–Crippen LogP) is 3.21. The molecular formula is C18H26O2. The first-order valence-corrected chi connectivity index (χ1v) is 7.36. The molecule has 110 valence electrons. The largest absolute Gasteiger partial charge is 0.396 e. The molecule has 0 unspecified atom stereocenters. The summed E-state index contributed by atoms with van der Waals surface area (Å²) < 4.78 is 0. The lowest BCUT2D eigenvalue weighted by Crippen LogP contribution is -1.94. The van der Waals surface area contributed by atoms with Crippen molar-refractivity contribution in [2.75, 3.05) is 6.61 Å². The smallest absolute Gasteiger partial charge is 0.134 e. The highest BCUT2D eigenvalue weighted by molar-refractivity contribution is 5.29. The third-order valence-corrected chi connectivity index (χ3v) is 2.76. The van der Waals surface area contributed by atoms with Crippen LogP contribution in [-0.2, 0) is 0 Å². The molecule has 0 fully saturated rings. The summed E-state index contributed by atoms with van der Waals surface area (Å²) in [6, 6.07) is 0. The van der Waals surface area contributed by atoms with Gasteiger partial charge in [-0.25, -0.2) is 0 Å². The van der Waals surface area contributed by atoms with Gasteiger partial charge in [0.15, 0.2) is 0 Å². The van der Waals surface area contributed by atoms with E-state index in [0.29, 0.717) is 13.0 Å². The fourth-order valence-electron chi connectivity index (χ4n) is 1.61. The molecule has 0 heterocycles. The Bertz CT molecular complexity index is 374. The second-order valence-electron chi connectivity index (χ2n) is 4.56. The number of aliphatic hydroxyl groups is 2. The van der Waals surface area contributed by atoms with Gasteiger partial charge in [0.05, 0.1) is 0 Å². The zero-order chi connectivity index (χ0) is 14.9. The van der Waals surface area contributed by atoms with Crippen LogP contribution >= 0.6 is 0 Å². The van der Waals surface area contributed by atoms with Crippen molar-refractivity contribution in [1.29, 1.82) is 0 Å². The Hall–Kier alpha value is -1.48. The van der Waals surface area contributed by atoms with Crippen molar-refractivity contribution in [3.63, 3.8) is 0 Å². The van der Waals surface area contributed by atoms with Gasteiger partial charge in [-0.1, -0.05) is 62.3 Å². The summed E-state index contributed by atoms with van der Waals surface area (Å²) in [7, 11) is 0. The molecule has 0 aromatic carbocycles. The van der Waals surface area contributed by atoms with Crippen molar-refractivity contribution in [3.8, 4) is 23.7 Å². The van der Waals surface area contributed by atoms with E-state index < -0.39 is 6.10 Å². The van der Waals surface area contributed by atoms with Gasteiger partial charge in [0, 0.05) is 13.0 Å². The third kappa shape index (κ3) is 14.6. The number of unbranched alkanes of at least 4 members (excludes halogenated alkanes) is 6. The van der Waals surface area contributed by atoms with Crippen LogP contribution in [0.4, 0.5) is 0 Å². The molecular weight excluding hydrogens is 248 g/mol. The van der Waals surface area contributed by atoms with Gasteiger partial charge < -0.3 is 10.2 Å². The van der Waals surface area contributed by atoms with Gasteiger partial charge in [-0.3, -0.25) is 0 Å². The molecule has 0 aromatic heterocycles. The average molecular weight is 274 g/mol. The van der Waals surface area contributed by atoms with E-state index in [1.165, 1.54) is 31.8 Å². The van der Waals surface area contributed by atoms with E-state index >= 15 is 0 Å². The molecule has 0 aromatic rings. The van der Waals surface area contributed by atoms with Crippen LogP contribution < -0.4 is 0 Å². The molecule has 0 amide bonds. The van der Waals surface area contributed by atoms with Crippen LogP contribution in [-0.4, -0.2) is 22.9 Å². The first-order chi connectivity index (χ1) is 9.81. The van der Waals surface area contributed by atoms with E-state index in [1.807, 2.05) is 0 Å². The summed E-state index contributed by atoms with van der Waals surface area (Å²) in [4.78, 5) is 0. The Labute approximate surface area is 123 Å². The lowest BCUT2D eigenvalue weighted by Gasteiger charge is -1.98. The Morgan fingerprint density at radius 3 is 2.35 bits per heavy atom. The van der Waals surface area contributed by atoms with Crippen molar-refractivity contribution < 1.29 is 10.2 Å². The maximum absolute atomic E-state index is 9.06. The molecule has 0 aliphatic heterocycles. The first kappa shape index (κ1) is 18.5. The topological polar surface area (TPSA) is 40.5 Å². The SMILES string of the molecule is C=C[C@H](O)C#CC#CC/C=C\CCCCCCCCO. The van der Waals surface area contributed by atoms with Crippen LogP contribution in [0.5, 0.6) is 0 Å². The highest BCUT2D eigenvalue weighted by Crippen LogP contribution is 2.07. The number of hydrogen-bond acceptors (Lipinski definition) is 2. The molecule has 0 saturated carbocycles. The first-order valence-electron chi connectivity index (χ1n) is 7.36. The Kier molecular flexibility index (Phi) is 14.4. The fourth-order valence-corrected chi connectivity index (χ4v) is 1.61. The summed E-state index contributed by atoms with van der Waals surface area (Å²) in [6.07, 6.45) is 13.7. The molecule has 0 spiro atoms. The van der Waals surface area contributed by atoms with Gasteiger partial charge in [-0.05, 0) is 31.1 Å². The molecule has 0 bridgehead atoms. The predicted molar refractivity (Wildman–Crippen MR) is 84.9 cm³/mol. The summed E-state index contributed by atoms with van der Waals surface area (Å²) in [5.74, 6) is 10.7. The van der Waals surface area contributed by atoms with Gasteiger partial charge >= 0.3 is 0 Å². The molecule has 0 rings (SSSR count). The fraction of sp³-hybridized carbons (Fsp3) is 0.556. The monoisotopic (exact) mass is 274 g/mol. The second kappa shape index (κ2) is 15.6.